The summed E-state index contributed by atoms with van der Waals surface area (Å²) >= 11 is 0. The van der Waals surface area contributed by atoms with E-state index in [1.807, 2.05) is 55.5 Å². The monoisotopic (exact) mass is 295 g/mol. The maximum absolute atomic E-state index is 5.76. The number of methoxy groups -OCH3 is 1. The smallest absolute Gasteiger partial charge is 0.221 e. The Morgan fingerprint density at radius 3 is 2.77 bits per heavy atom. The lowest BCUT2D eigenvalue weighted by atomic mass is 10.1. The fourth-order valence-electron chi connectivity index (χ4n) is 2.09. The lowest BCUT2D eigenvalue weighted by Gasteiger charge is -2.03. The maximum Gasteiger partial charge on any atom is 0.221 e. The van der Waals surface area contributed by atoms with Gasteiger partial charge >= 0.3 is 0 Å². The molecule has 0 amide bonds. The largest absolute Gasteiger partial charge is 0.495 e. The fraction of sp³-hybridized carbons (Fsp3) is 0.176. The normalized spacial score (nSPS) is 11.2. The molecule has 0 atom stereocenters. The molecule has 22 heavy (non-hydrogen) atoms. The van der Waals surface area contributed by atoms with Gasteiger partial charge in [-0.05, 0) is 23.8 Å². The van der Waals surface area contributed by atoms with Crippen molar-refractivity contribution in [2.75, 3.05) is 21.2 Å². The molecule has 5 nitrogen and oxygen atoms in total. The highest BCUT2D eigenvalue weighted by Gasteiger charge is 2.07. The molecule has 0 aliphatic carbocycles. The number of benzene rings is 1. The molecule has 0 radical (unpaired) electrons. The van der Waals surface area contributed by atoms with Crippen molar-refractivity contribution in [3.8, 4) is 16.9 Å². The molecule has 3 aromatic rings. The molecule has 0 unspecified atom stereocenters. The first-order chi connectivity index (χ1) is 10.7. The minimum absolute atomic E-state index is 0.588. The Morgan fingerprint density at radius 1 is 1.14 bits per heavy atom. The van der Waals surface area contributed by atoms with Crippen LogP contribution in [0, 0.1) is 0 Å². The van der Waals surface area contributed by atoms with Crippen LogP contribution in [0.15, 0.2) is 47.3 Å². The molecule has 0 aliphatic heterocycles. The van der Waals surface area contributed by atoms with E-state index in [0.29, 0.717) is 5.89 Å². The zero-order valence-electron chi connectivity index (χ0n) is 12.8. The number of ether oxygens (including phenoxy) is 1. The molecule has 0 spiro atoms. The summed E-state index contributed by atoms with van der Waals surface area (Å²) in [5.41, 5.74) is 3.57. The molecule has 0 fully saturated rings. The van der Waals surface area contributed by atoms with Crippen molar-refractivity contribution in [3.05, 3.63) is 48.7 Å². The zero-order valence-corrected chi connectivity index (χ0v) is 12.8. The number of hydrogen-bond acceptors (Lipinski definition) is 5. The minimum Gasteiger partial charge on any atom is -0.495 e. The standard InChI is InChI=1S/C17H17N3O2/c1-20(2)7-6-17-19-15-5-4-12(9-16(15)22-17)13-8-14(21-3)11-18-10-13/h4-11H,1-3H3. The number of hydrogen-bond donors (Lipinski definition) is 0. The van der Waals surface area contributed by atoms with E-state index in [1.54, 1.807) is 19.5 Å². The zero-order chi connectivity index (χ0) is 15.5. The number of rotatable bonds is 4. The van der Waals surface area contributed by atoms with Gasteiger partial charge in [-0.25, -0.2) is 4.98 Å². The summed E-state index contributed by atoms with van der Waals surface area (Å²) in [5, 5.41) is 0. The van der Waals surface area contributed by atoms with Crippen LogP contribution in [0.3, 0.4) is 0 Å². The molecule has 112 valence electrons. The van der Waals surface area contributed by atoms with Crippen LogP contribution >= 0.6 is 0 Å². The van der Waals surface area contributed by atoms with Gasteiger partial charge in [0.1, 0.15) is 11.3 Å². The van der Waals surface area contributed by atoms with Gasteiger partial charge in [0.25, 0.3) is 0 Å². The molecule has 0 saturated carbocycles. The number of pyridine rings is 1. The maximum atomic E-state index is 5.76. The Morgan fingerprint density at radius 2 is 2.00 bits per heavy atom. The summed E-state index contributed by atoms with van der Waals surface area (Å²) in [4.78, 5) is 10.5. The molecule has 5 heteroatoms. The third-order valence-electron chi connectivity index (χ3n) is 3.20. The van der Waals surface area contributed by atoms with Crippen LogP contribution in [0.2, 0.25) is 0 Å². The van der Waals surface area contributed by atoms with Crippen LogP contribution in [0.1, 0.15) is 5.89 Å². The molecule has 0 N–H and O–H groups in total. The first-order valence-electron chi connectivity index (χ1n) is 6.90. The van der Waals surface area contributed by atoms with E-state index in [1.165, 1.54) is 0 Å². The molecule has 2 heterocycles. The Balaban J connectivity index is 1.98. The van der Waals surface area contributed by atoms with E-state index in [-0.39, 0.29) is 0 Å². The van der Waals surface area contributed by atoms with Crippen LogP contribution in [0.4, 0.5) is 0 Å². The van der Waals surface area contributed by atoms with E-state index < -0.39 is 0 Å². The molecular weight excluding hydrogens is 278 g/mol. The summed E-state index contributed by atoms with van der Waals surface area (Å²) in [6.45, 7) is 0. The minimum atomic E-state index is 0.588. The predicted molar refractivity (Wildman–Crippen MR) is 86.5 cm³/mol. The van der Waals surface area contributed by atoms with Crippen molar-refractivity contribution in [3.63, 3.8) is 0 Å². The summed E-state index contributed by atoms with van der Waals surface area (Å²) in [7, 11) is 5.53. The second kappa shape index (κ2) is 5.89. The van der Waals surface area contributed by atoms with E-state index >= 15 is 0 Å². The SMILES string of the molecule is COc1cncc(-c2ccc3nc(C=CN(C)C)oc3c2)c1. The van der Waals surface area contributed by atoms with E-state index in [9.17, 15) is 0 Å². The molecule has 0 bridgehead atoms. The number of nitrogens with zero attached hydrogens (tertiary/aromatic N) is 3. The first-order valence-corrected chi connectivity index (χ1v) is 6.90. The van der Waals surface area contributed by atoms with Crippen LogP contribution in [-0.2, 0) is 0 Å². The number of fused-ring (bicyclic) bond motifs is 1. The second-order valence-electron chi connectivity index (χ2n) is 5.13. The lowest BCUT2D eigenvalue weighted by Crippen LogP contribution is -1.99. The Bertz CT molecular complexity index is 822. The summed E-state index contributed by atoms with van der Waals surface area (Å²) in [6, 6.07) is 7.85. The third-order valence-corrected chi connectivity index (χ3v) is 3.20. The Kier molecular flexibility index (Phi) is 3.78. The lowest BCUT2D eigenvalue weighted by molar-refractivity contribution is 0.413. The summed E-state index contributed by atoms with van der Waals surface area (Å²) < 4.78 is 11.0. The van der Waals surface area contributed by atoms with Crippen LogP contribution in [0.5, 0.6) is 5.75 Å². The van der Waals surface area contributed by atoms with Crippen molar-refractivity contribution in [1.82, 2.24) is 14.9 Å². The topological polar surface area (TPSA) is 51.4 Å². The van der Waals surface area contributed by atoms with Crippen molar-refractivity contribution >= 4 is 17.2 Å². The highest BCUT2D eigenvalue weighted by atomic mass is 16.5. The molecule has 2 aromatic heterocycles. The molecule has 3 rings (SSSR count). The van der Waals surface area contributed by atoms with Crippen molar-refractivity contribution in [2.24, 2.45) is 0 Å². The van der Waals surface area contributed by atoms with Gasteiger partial charge < -0.3 is 14.1 Å². The highest BCUT2D eigenvalue weighted by molar-refractivity contribution is 5.81. The molecular formula is C17H17N3O2. The van der Waals surface area contributed by atoms with Gasteiger partial charge in [-0.1, -0.05) is 6.07 Å². The van der Waals surface area contributed by atoms with Gasteiger partial charge in [-0.2, -0.15) is 0 Å². The molecule has 1 aromatic carbocycles. The first kappa shape index (κ1) is 14.1. The quantitative estimate of drug-likeness (QED) is 0.738. The molecule has 0 aliphatic rings. The van der Waals surface area contributed by atoms with Crippen molar-refractivity contribution < 1.29 is 9.15 Å². The van der Waals surface area contributed by atoms with Crippen molar-refractivity contribution in [2.45, 2.75) is 0 Å². The van der Waals surface area contributed by atoms with E-state index in [2.05, 4.69) is 9.97 Å². The average Bonchev–Trinajstić information content (AvgIpc) is 2.95. The average molecular weight is 295 g/mol. The summed E-state index contributed by atoms with van der Waals surface area (Å²) in [6.07, 6.45) is 7.22. The van der Waals surface area contributed by atoms with Gasteiger partial charge in [0.15, 0.2) is 5.58 Å². The van der Waals surface area contributed by atoms with Gasteiger partial charge in [-0.15, -0.1) is 0 Å². The van der Waals surface area contributed by atoms with Crippen LogP contribution < -0.4 is 4.74 Å². The van der Waals surface area contributed by atoms with Gasteiger partial charge in [-0.3, -0.25) is 4.98 Å². The van der Waals surface area contributed by atoms with E-state index in [0.717, 1.165) is 28.0 Å². The highest BCUT2D eigenvalue weighted by Crippen LogP contribution is 2.26. The Hall–Kier alpha value is -2.82. The Labute approximate surface area is 128 Å². The third kappa shape index (κ3) is 2.93. The predicted octanol–water partition coefficient (Wildman–Crippen LogP) is 3.43. The fourth-order valence-corrected chi connectivity index (χ4v) is 2.09. The second-order valence-corrected chi connectivity index (χ2v) is 5.13. The van der Waals surface area contributed by atoms with Gasteiger partial charge in [0, 0.05) is 38.1 Å². The number of oxazole rings is 1. The van der Waals surface area contributed by atoms with Crippen LogP contribution in [0.25, 0.3) is 28.3 Å². The van der Waals surface area contributed by atoms with Gasteiger partial charge in [0.05, 0.1) is 13.3 Å². The van der Waals surface area contributed by atoms with Crippen molar-refractivity contribution in [1.29, 1.82) is 0 Å². The number of aromatic nitrogens is 2. The molecule has 0 saturated heterocycles. The summed E-state index contributed by atoms with van der Waals surface area (Å²) in [5.74, 6) is 1.31. The van der Waals surface area contributed by atoms with Crippen LogP contribution in [-0.4, -0.2) is 36.1 Å². The van der Waals surface area contributed by atoms with Gasteiger partial charge in [0.2, 0.25) is 5.89 Å². The van der Waals surface area contributed by atoms with E-state index in [4.69, 9.17) is 9.15 Å².